The largest absolute Gasteiger partial charge is 0.360 e. The first-order chi connectivity index (χ1) is 11.6. The smallest absolute Gasteiger partial charge is 0.239 e. The number of aromatic nitrogens is 1. The zero-order valence-corrected chi connectivity index (χ0v) is 14.1. The Labute approximate surface area is 141 Å². The number of nitrogens with one attached hydrogen (secondary N) is 2. The van der Waals surface area contributed by atoms with Crippen LogP contribution in [0.4, 0.5) is 5.82 Å². The lowest BCUT2D eigenvalue weighted by atomic mass is 9.96. The van der Waals surface area contributed by atoms with Gasteiger partial charge in [0.15, 0.2) is 5.82 Å². The molecule has 0 radical (unpaired) electrons. The minimum Gasteiger partial charge on any atom is -0.360 e. The van der Waals surface area contributed by atoms with E-state index in [4.69, 9.17) is 4.52 Å². The van der Waals surface area contributed by atoms with Gasteiger partial charge in [-0.05, 0) is 32.9 Å². The Morgan fingerprint density at radius 3 is 2.62 bits per heavy atom. The molecule has 2 N–H and O–H groups in total. The van der Waals surface area contributed by atoms with Crippen LogP contribution in [-0.4, -0.2) is 72.6 Å². The quantitative estimate of drug-likeness (QED) is 0.809. The highest BCUT2D eigenvalue weighted by Crippen LogP contribution is 2.16. The molecule has 0 saturated carbocycles. The Bertz CT molecular complexity index is 574. The summed E-state index contributed by atoms with van der Waals surface area (Å²) in [6, 6.07) is 1.69. The lowest BCUT2D eigenvalue weighted by molar-refractivity contribution is -0.138. The van der Waals surface area contributed by atoms with E-state index in [0.29, 0.717) is 31.2 Å². The van der Waals surface area contributed by atoms with Crippen LogP contribution in [0.5, 0.6) is 0 Å². The first-order valence-corrected chi connectivity index (χ1v) is 8.57. The predicted molar refractivity (Wildman–Crippen MR) is 88.5 cm³/mol. The fraction of sp³-hybridized carbons (Fsp3) is 0.688. The van der Waals surface area contributed by atoms with Crippen LogP contribution in [0.2, 0.25) is 0 Å². The summed E-state index contributed by atoms with van der Waals surface area (Å²) < 4.78 is 4.93. The molecule has 0 spiro atoms. The van der Waals surface area contributed by atoms with Crippen LogP contribution in [0.25, 0.3) is 0 Å². The second-order valence-electron chi connectivity index (χ2n) is 6.50. The summed E-state index contributed by atoms with van der Waals surface area (Å²) in [5, 5.41) is 9.76. The van der Waals surface area contributed by atoms with Gasteiger partial charge in [-0.3, -0.25) is 14.5 Å². The molecule has 2 aliphatic heterocycles. The van der Waals surface area contributed by atoms with Gasteiger partial charge in [-0.25, -0.2) is 0 Å². The number of piperidine rings is 1. The molecule has 0 atom stereocenters. The van der Waals surface area contributed by atoms with Crippen LogP contribution < -0.4 is 10.6 Å². The molecular formula is C16H25N5O3. The van der Waals surface area contributed by atoms with E-state index >= 15 is 0 Å². The van der Waals surface area contributed by atoms with Crippen LogP contribution in [0.1, 0.15) is 18.6 Å². The number of aryl methyl sites for hydroxylation is 1. The van der Waals surface area contributed by atoms with Gasteiger partial charge in [-0.2, -0.15) is 0 Å². The highest BCUT2D eigenvalue weighted by Gasteiger charge is 2.28. The van der Waals surface area contributed by atoms with Crippen molar-refractivity contribution in [2.45, 2.75) is 19.8 Å². The molecule has 0 bridgehead atoms. The molecule has 2 aliphatic rings. The molecule has 24 heavy (non-hydrogen) atoms. The Hall–Kier alpha value is -1.93. The predicted octanol–water partition coefficient (Wildman–Crippen LogP) is 0.0653. The molecule has 1 aromatic heterocycles. The number of hydrogen-bond donors (Lipinski definition) is 2. The van der Waals surface area contributed by atoms with E-state index in [0.717, 1.165) is 39.0 Å². The van der Waals surface area contributed by atoms with Crippen LogP contribution in [0.3, 0.4) is 0 Å². The summed E-state index contributed by atoms with van der Waals surface area (Å²) in [6.07, 6.45) is 1.86. The average molecular weight is 335 g/mol. The highest BCUT2D eigenvalue weighted by molar-refractivity contribution is 5.91. The van der Waals surface area contributed by atoms with E-state index < -0.39 is 0 Å². The normalized spacial score (nSPS) is 20.1. The maximum Gasteiger partial charge on any atom is 0.239 e. The minimum atomic E-state index is -0.110. The topological polar surface area (TPSA) is 90.7 Å². The van der Waals surface area contributed by atoms with Gasteiger partial charge in [0.1, 0.15) is 5.76 Å². The van der Waals surface area contributed by atoms with Crippen LogP contribution in [0, 0.1) is 12.8 Å². The van der Waals surface area contributed by atoms with E-state index in [9.17, 15) is 9.59 Å². The fourth-order valence-electron chi connectivity index (χ4n) is 3.26. The van der Waals surface area contributed by atoms with Gasteiger partial charge >= 0.3 is 0 Å². The molecule has 8 heteroatoms. The van der Waals surface area contributed by atoms with Crippen molar-refractivity contribution in [1.82, 2.24) is 20.3 Å². The Balaban J connectivity index is 1.41. The molecule has 1 aromatic rings. The van der Waals surface area contributed by atoms with Gasteiger partial charge in [0, 0.05) is 38.2 Å². The zero-order valence-electron chi connectivity index (χ0n) is 14.1. The SMILES string of the molecule is Cc1cc(NC(=O)CN2CCN(C(=O)C3CCNCC3)CC2)no1. The molecule has 2 amide bonds. The van der Waals surface area contributed by atoms with Gasteiger partial charge in [-0.15, -0.1) is 0 Å². The van der Waals surface area contributed by atoms with E-state index in [2.05, 4.69) is 20.7 Å². The molecule has 2 saturated heterocycles. The molecule has 2 fully saturated rings. The summed E-state index contributed by atoms with van der Waals surface area (Å²) in [6.45, 7) is 6.78. The molecule has 0 unspecified atom stereocenters. The van der Waals surface area contributed by atoms with Crippen molar-refractivity contribution < 1.29 is 14.1 Å². The monoisotopic (exact) mass is 335 g/mol. The second kappa shape index (κ2) is 7.76. The summed E-state index contributed by atoms with van der Waals surface area (Å²) >= 11 is 0. The van der Waals surface area contributed by atoms with E-state index in [1.807, 2.05) is 4.90 Å². The Morgan fingerprint density at radius 2 is 2.00 bits per heavy atom. The van der Waals surface area contributed by atoms with Crippen LogP contribution in [0.15, 0.2) is 10.6 Å². The summed E-state index contributed by atoms with van der Waals surface area (Å²) in [4.78, 5) is 28.6. The van der Waals surface area contributed by atoms with Gasteiger partial charge in [0.05, 0.1) is 6.54 Å². The van der Waals surface area contributed by atoms with Crippen molar-refractivity contribution >= 4 is 17.6 Å². The van der Waals surface area contributed by atoms with Gasteiger partial charge in [0.2, 0.25) is 11.8 Å². The lowest BCUT2D eigenvalue weighted by Gasteiger charge is -2.36. The molecule has 132 valence electrons. The van der Waals surface area contributed by atoms with E-state index in [-0.39, 0.29) is 17.7 Å². The third-order valence-electron chi connectivity index (χ3n) is 4.64. The third kappa shape index (κ3) is 4.33. The zero-order chi connectivity index (χ0) is 16.9. The molecule has 0 aromatic carbocycles. The third-order valence-corrected chi connectivity index (χ3v) is 4.64. The number of carbonyl (C=O) groups is 2. The Morgan fingerprint density at radius 1 is 1.29 bits per heavy atom. The maximum absolute atomic E-state index is 12.5. The number of anilines is 1. The lowest BCUT2D eigenvalue weighted by Crippen LogP contribution is -2.52. The first-order valence-electron chi connectivity index (χ1n) is 8.57. The molecular weight excluding hydrogens is 310 g/mol. The molecule has 3 heterocycles. The average Bonchev–Trinajstić information content (AvgIpc) is 3.00. The second-order valence-corrected chi connectivity index (χ2v) is 6.50. The fourth-order valence-corrected chi connectivity index (χ4v) is 3.26. The van der Waals surface area contributed by atoms with Crippen molar-refractivity contribution in [1.29, 1.82) is 0 Å². The van der Waals surface area contributed by atoms with Crippen molar-refractivity contribution in [2.24, 2.45) is 5.92 Å². The number of nitrogens with zero attached hydrogens (tertiary/aromatic N) is 3. The molecule has 3 rings (SSSR count). The number of carbonyl (C=O) groups excluding carboxylic acids is 2. The summed E-state index contributed by atoms with van der Waals surface area (Å²) in [5.74, 6) is 1.43. The highest BCUT2D eigenvalue weighted by atomic mass is 16.5. The van der Waals surface area contributed by atoms with Gasteiger partial charge in [0.25, 0.3) is 0 Å². The van der Waals surface area contributed by atoms with Crippen molar-refractivity contribution in [3.05, 3.63) is 11.8 Å². The standard InChI is InChI=1S/C16H25N5O3/c1-12-10-14(19-24-12)18-15(22)11-20-6-8-21(9-7-20)16(23)13-2-4-17-5-3-13/h10,13,17H,2-9,11H2,1H3,(H,18,19,22). The molecule has 0 aliphatic carbocycles. The van der Waals surface area contributed by atoms with E-state index in [1.165, 1.54) is 0 Å². The summed E-state index contributed by atoms with van der Waals surface area (Å²) in [7, 11) is 0. The number of hydrogen-bond acceptors (Lipinski definition) is 6. The Kier molecular flexibility index (Phi) is 5.47. The van der Waals surface area contributed by atoms with Gasteiger partial charge in [-0.1, -0.05) is 5.16 Å². The molecule has 8 nitrogen and oxygen atoms in total. The number of amides is 2. The summed E-state index contributed by atoms with van der Waals surface area (Å²) in [5.41, 5.74) is 0. The maximum atomic E-state index is 12.5. The first kappa shape index (κ1) is 16.9. The van der Waals surface area contributed by atoms with Crippen LogP contribution >= 0.6 is 0 Å². The minimum absolute atomic E-state index is 0.110. The van der Waals surface area contributed by atoms with Crippen LogP contribution in [-0.2, 0) is 9.59 Å². The number of piperazine rings is 1. The van der Waals surface area contributed by atoms with E-state index in [1.54, 1.807) is 13.0 Å². The van der Waals surface area contributed by atoms with Crippen molar-refractivity contribution in [3.63, 3.8) is 0 Å². The van der Waals surface area contributed by atoms with Crippen molar-refractivity contribution in [3.8, 4) is 0 Å². The van der Waals surface area contributed by atoms with Crippen molar-refractivity contribution in [2.75, 3.05) is 51.1 Å². The van der Waals surface area contributed by atoms with Gasteiger partial charge < -0.3 is 20.1 Å². The number of rotatable bonds is 4.